The van der Waals surface area contributed by atoms with E-state index >= 15 is 0 Å². The predicted molar refractivity (Wildman–Crippen MR) is 107 cm³/mol. The van der Waals surface area contributed by atoms with Crippen LogP contribution in [0.5, 0.6) is 0 Å². The third kappa shape index (κ3) is 4.51. The van der Waals surface area contributed by atoms with Crippen molar-refractivity contribution >= 4 is 23.2 Å². The molecule has 0 saturated carbocycles. The monoisotopic (exact) mass is 469 g/mol. The molecule has 0 amide bonds. The van der Waals surface area contributed by atoms with Crippen LogP contribution >= 0.6 is 23.2 Å². The van der Waals surface area contributed by atoms with Crippen LogP contribution in [0.2, 0.25) is 0 Å². The quantitative estimate of drug-likeness (QED) is 0.398. The molecule has 0 fully saturated rings. The molecule has 26 heavy (non-hydrogen) atoms. The molecule has 2 atom stereocenters. The minimum absolute atomic E-state index is 0.260. The molecule has 0 heterocycles. The van der Waals surface area contributed by atoms with E-state index in [4.69, 9.17) is 23.2 Å². The summed E-state index contributed by atoms with van der Waals surface area (Å²) in [6, 6.07) is 0. The van der Waals surface area contributed by atoms with Crippen LogP contribution < -0.4 is 0 Å². The standard InChI is InChI=1S/C20H24Cl2.C2H5O.Zr/c21-19(11-9-15-5-1-3-7-17(15)19)13-14-20(22)12-10-16-6-2-4-8-18(16)20;1-2-3;/h9-12H,1-8,13-14H2;2H2,1H3;/q;-1;+1. The van der Waals surface area contributed by atoms with Gasteiger partial charge in [-0.2, -0.15) is 0 Å². The Morgan fingerprint density at radius 1 is 0.846 bits per heavy atom. The average Bonchev–Trinajstić information content (AvgIpc) is 3.20. The van der Waals surface area contributed by atoms with Gasteiger partial charge < -0.3 is 0 Å². The molecule has 4 aliphatic rings. The molecule has 0 aromatic rings. The van der Waals surface area contributed by atoms with Crippen molar-refractivity contribution in [2.24, 2.45) is 0 Å². The van der Waals surface area contributed by atoms with Crippen molar-refractivity contribution in [2.45, 2.75) is 80.9 Å². The summed E-state index contributed by atoms with van der Waals surface area (Å²) >= 11 is 15.2. The minimum Gasteiger partial charge on any atom is -0.110 e. The third-order valence-corrected chi connectivity index (χ3v) is 7.91. The second-order valence-corrected chi connectivity index (χ2v) is 9.80. The molecule has 2 unspecified atom stereocenters. The Balaban J connectivity index is 0.000000447. The molecule has 0 aromatic carbocycles. The minimum atomic E-state index is -0.260. The second kappa shape index (κ2) is 9.25. The predicted octanol–water partition coefficient (Wildman–Crippen LogP) is 7.09. The Bertz CT molecular complexity index is 593. The van der Waals surface area contributed by atoms with Crippen LogP contribution in [0.4, 0.5) is 0 Å². The summed E-state index contributed by atoms with van der Waals surface area (Å²) in [7, 11) is 0. The number of rotatable bonds is 4. The van der Waals surface area contributed by atoms with E-state index in [0.29, 0.717) is 0 Å². The maximum atomic E-state index is 7.02. The van der Waals surface area contributed by atoms with Gasteiger partial charge in [-0.1, -0.05) is 24.3 Å². The molecule has 141 valence electrons. The molecule has 0 radical (unpaired) electrons. The maximum Gasteiger partial charge on any atom is 0.0844 e. The Morgan fingerprint density at radius 2 is 1.23 bits per heavy atom. The third-order valence-electron chi connectivity index (χ3n) is 6.12. The van der Waals surface area contributed by atoms with Gasteiger partial charge in [-0.05, 0) is 86.5 Å². The van der Waals surface area contributed by atoms with Gasteiger partial charge in [0, 0.05) is 0 Å². The SMILES string of the molecule is CC[O][Zr].ClC1(CCC2(Cl)C=CC3=C2CCCC3)C=CC2=C1CCCC2. The first kappa shape index (κ1) is 21.1. The molecular formula is C22H29Cl2OZr. The van der Waals surface area contributed by atoms with Gasteiger partial charge in [-0.15, -0.1) is 23.2 Å². The van der Waals surface area contributed by atoms with Gasteiger partial charge in [0.25, 0.3) is 0 Å². The van der Waals surface area contributed by atoms with Gasteiger partial charge in [0.15, 0.2) is 0 Å². The Morgan fingerprint density at radius 3 is 1.62 bits per heavy atom. The molecule has 0 spiro atoms. The van der Waals surface area contributed by atoms with Crippen molar-refractivity contribution in [3.63, 3.8) is 0 Å². The molecular weight excluding hydrogens is 442 g/mol. The molecule has 4 rings (SSSR count). The van der Waals surface area contributed by atoms with Gasteiger partial charge in [0.05, 0.1) is 9.75 Å². The largest absolute Gasteiger partial charge is 0.110 e. The molecule has 4 heteroatoms. The summed E-state index contributed by atoms with van der Waals surface area (Å²) in [6.07, 6.45) is 20.9. The zero-order valence-corrected chi connectivity index (χ0v) is 19.7. The van der Waals surface area contributed by atoms with E-state index < -0.39 is 0 Å². The average molecular weight is 472 g/mol. The van der Waals surface area contributed by atoms with Crippen LogP contribution in [0.1, 0.15) is 71.1 Å². The van der Waals surface area contributed by atoms with Crippen LogP contribution in [0.15, 0.2) is 46.6 Å². The summed E-state index contributed by atoms with van der Waals surface area (Å²) < 4.78 is 4.63. The fraction of sp³-hybridized carbons (Fsp3) is 0.636. The van der Waals surface area contributed by atoms with Gasteiger partial charge in [-0.25, -0.2) is 0 Å². The number of hydrogen-bond acceptors (Lipinski definition) is 1. The van der Waals surface area contributed by atoms with Crippen LogP contribution in [0.3, 0.4) is 0 Å². The van der Waals surface area contributed by atoms with Gasteiger partial charge in [0.1, 0.15) is 0 Å². The van der Waals surface area contributed by atoms with E-state index in [0.717, 1.165) is 19.4 Å². The maximum absolute atomic E-state index is 7.02. The zero-order chi connectivity index (χ0) is 18.6. The summed E-state index contributed by atoms with van der Waals surface area (Å²) in [6.45, 7) is 2.84. The Labute approximate surface area is 184 Å². The van der Waals surface area contributed by atoms with Crippen LogP contribution in [0.25, 0.3) is 0 Å². The number of alkyl halides is 2. The van der Waals surface area contributed by atoms with Crippen molar-refractivity contribution in [3.05, 3.63) is 46.6 Å². The van der Waals surface area contributed by atoms with E-state index in [1.807, 2.05) is 6.92 Å². The molecule has 0 aromatic heterocycles. The smallest absolute Gasteiger partial charge is 0.0844 e. The van der Waals surface area contributed by atoms with Crippen molar-refractivity contribution in [2.75, 3.05) is 6.61 Å². The molecule has 0 N–H and O–H groups in total. The van der Waals surface area contributed by atoms with Gasteiger partial charge >= 0.3 is 41.5 Å². The molecule has 0 bridgehead atoms. The molecule has 4 aliphatic carbocycles. The first-order chi connectivity index (χ1) is 12.5. The first-order valence-corrected chi connectivity index (χ1v) is 11.8. The summed E-state index contributed by atoms with van der Waals surface area (Å²) in [5, 5.41) is 0. The van der Waals surface area contributed by atoms with E-state index in [-0.39, 0.29) is 9.75 Å². The van der Waals surface area contributed by atoms with Crippen molar-refractivity contribution in [1.29, 1.82) is 0 Å². The summed E-state index contributed by atoms with van der Waals surface area (Å²) in [4.78, 5) is -0.521. The van der Waals surface area contributed by atoms with Crippen molar-refractivity contribution in [3.8, 4) is 0 Å². The molecule has 1 nitrogen and oxygen atoms in total. The number of hydrogen-bond donors (Lipinski definition) is 0. The number of allylic oxidation sites excluding steroid dienone is 8. The molecule has 0 saturated heterocycles. The summed E-state index contributed by atoms with van der Waals surface area (Å²) in [5.74, 6) is 0. The van der Waals surface area contributed by atoms with E-state index in [1.54, 1.807) is 0 Å². The van der Waals surface area contributed by atoms with Gasteiger partial charge in [0.2, 0.25) is 0 Å². The Hall–Kier alpha value is 0.383. The van der Waals surface area contributed by atoms with Crippen LogP contribution in [0, 0.1) is 0 Å². The fourth-order valence-corrected chi connectivity index (χ4v) is 5.42. The second-order valence-electron chi connectivity index (χ2n) is 7.75. The summed E-state index contributed by atoms with van der Waals surface area (Å²) in [5.41, 5.74) is 5.98. The zero-order valence-electron chi connectivity index (χ0n) is 15.8. The molecule has 0 aliphatic heterocycles. The van der Waals surface area contributed by atoms with E-state index in [9.17, 15) is 0 Å². The first-order valence-electron chi connectivity index (χ1n) is 10.0. The number of halogens is 2. The van der Waals surface area contributed by atoms with E-state index in [2.05, 4.69) is 27.1 Å². The van der Waals surface area contributed by atoms with Gasteiger partial charge in [-0.3, -0.25) is 0 Å². The van der Waals surface area contributed by atoms with Crippen molar-refractivity contribution < 1.29 is 28.0 Å². The van der Waals surface area contributed by atoms with E-state index in [1.165, 1.54) is 98.8 Å². The van der Waals surface area contributed by atoms with Crippen LogP contribution in [-0.2, 0) is 28.0 Å². The van der Waals surface area contributed by atoms with Crippen molar-refractivity contribution in [1.82, 2.24) is 0 Å². The Kier molecular flexibility index (Phi) is 7.51. The normalized spacial score (nSPS) is 32.4. The fourth-order valence-electron chi connectivity index (χ4n) is 4.67. The van der Waals surface area contributed by atoms with Crippen LogP contribution in [-0.4, -0.2) is 16.4 Å². The topological polar surface area (TPSA) is 9.23 Å².